The molecule has 2 aromatic heterocycles. The zero-order valence-electron chi connectivity index (χ0n) is 24.6. The average Bonchev–Trinajstić information content (AvgIpc) is 3.00. The van der Waals surface area contributed by atoms with Gasteiger partial charge >= 0.3 is 6.03 Å². The molecule has 0 atom stereocenters. The summed E-state index contributed by atoms with van der Waals surface area (Å²) in [4.78, 5) is 22.0. The number of fused-ring (bicyclic) bond motifs is 1. The zero-order valence-corrected chi connectivity index (χ0v) is 24.6. The third kappa shape index (κ3) is 6.93. The van der Waals surface area contributed by atoms with Crippen LogP contribution in [0.2, 0.25) is 0 Å². The number of nitrogens with one attached hydrogen (secondary N) is 3. The molecule has 0 fully saturated rings. The Kier molecular flexibility index (Phi) is 8.79. The van der Waals surface area contributed by atoms with E-state index in [4.69, 9.17) is 9.72 Å². The van der Waals surface area contributed by atoms with Crippen LogP contribution in [0.3, 0.4) is 0 Å². The second-order valence-corrected chi connectivity index (χ2v) is 11.3. The molecule has 3 aromatic carbocycles. The lowest BCUT2D eigenvalue weighted by atomic mass is 9.87. The van der Waals surface area contributed by atoms with Crippen molar-refractivity contribution in [1.82, 2.24) is 15.3 Å². The summed E-state index contributed by atoms with van der Waals surface area (Å²) in [6.07, 6.45) is 6.52. The van der Waals surface area contributed by atoms with E-state index in [0.717, 1.165) is 51.8 Å². The molecular formula is C35H37N5O2. The lowest BCUT2D eigenvalue weighted by Crippen LogP contribution is -2.21. The molecular weight excluding hydrogens is 522 g/mol. The van der Waals surface area contributed by atoms with Crippen LogP contribution in [0, 0.1) is 0 Å². The van der Waals surface area contributed by atoms with Gasteiger partial charge in [-0.3, -0.25) is 9.97 Å². The van der Waals surface area contributed by atoms with Crippen LogP contribution in [0.1, 0.15) is 37.6 Å². The smallest absolute Gasteiger partial charge is 0.323 e. The van der Waals surface area contributed by atoms with Crippen LogP contribution < -0.4 is 20.7 Å². The van der Waals surface area contributed by atoms with Gasteiger partial charge in [0.1, 0.15) is 5.75 Å². The highest BCUT2D eigenvalue weighted by molar-refractivity contribution is 6.10. The van der Waals surface area contributed by atoms with Crippen molar-refractivity contribution in [2.75, 3.05) is 24.3 Å². The Morgan fingerprint density at radius 3 is 2.38 bits per heavy atom. The van der Waals surface area contributed by atoms with E-state index in [0.29, 0.717) is 18.0 Å². The number of nitrogens with zero attached hydrogens (tertiary/aromatic N) is 2. The first kappa shape index (κ1) is 28.8. The van der Waals surface area contributed by atoms with Crippen LogP contribution in [-0.4, -0.2) is 29.7 Å². The third-order valence-electron chi connectivity index (χ3n) is 7.24. The Balaban J connectivity index is 1.29. The van der Waals surface area contributed by atoms with E-state index in [1.807, 2.05) is 67.0 Å². The molecule has 7 heteroatoms. The number of hydrogen-bond donors (Lipinski definition) is 3. The second kappa shape index (κ2) is 12.8. The van der Waals surface area contributed by atoms with Gasteiger partial charge in [0.05, 0.1) is 24.2 Å². The SMILES string of the molecule is COc1ccc(C(C)(C)C)cc1NC(=O)Nc1ccc(-c2ccc(CNCCc3cccnc3)nc2)c2ccccc12. The van der Waals surface area contributed by atoms with Crippen LogP contribution in [0.5, 0.6) is 5.75 Å². The monoisotopic (exact) mass is 559 g/mol. The minimum absolute atomic E-state index is 0.0605. The van der Waals surface area contributed by atoms with Gasteiger partial charge in [-0.1, -0.05) is 69.3 Å². The van der Waals surface area contributed by atoms with Gasteiger partial charge in [-0.15, -0.1) is 0 Å². The summed E-state index contributed by atoms with van der Waals surface area (Å²) in [5.41, 5.74) is 6.66. The van der Waals surface area contributed by atoms with Crippen molar-refractivity contribution >= 4 is 28.2 Å². The van der Waals surface area contributed by atoms with Crippen molar-refractivity contribution in [3.05, 3.63) is 114 Å². The lowest BCUT2D eigenvalue weighted by Gasteiger charge is -2.21. The number of ether oxygens (including phenoxy) is 1. The Morgan fingerprint density at radius 1 is 0.857 bits per heavy atom. The van der Waals surface area contributed by atoms with Gasteiger partial charge in [0.25, 0.3) is 0 Å². The highest BCUT2D eigenvalue weighted by Crippen LogP contribution is 2.34. The van der Waals surface area contributed by atoms with Crippen molar-refractivity contribution in [3.8, 4) is 16.9 Å². The fourth-order valence-electron chi connectivity index (χ4n) is 4.89. The molecule has 0 saturated carbocycles. The lowest BCUT2D eigenvalue weighted by molar-refractivity contribution is 0.262. The molecule has 0 aliphatic carbocycles. The molecule has 2 amide bonds. The molecule has 5 aromatic rings. The summed E-state index contributed by atoms with van der Waals surface area (Å²) in [6, 6.07) is 25.8. The molecule has 214 valence electrons. The Hall–Kier alpha value is -4.75. The van der Waals surface area contributed by atoms with Gasteiger partial charge in [-0.25, -0.2) is 4.79 Å². The number of pyridine rings is 2. The number of carbonyl (C=O) groups is 1. The van der Waals surface area contributed by atoms with E-state index in [9.17, 15) is 4.79 Å². The first-order chi connectivity index (χ1) is 20.3. The Morgan fingerprint density at radius 2 is 1.67 bits per heavy atom. The maximum Gasteiger partial charge on any atom is 0.323 e. The van der Waals surface area contributed by atoms with E-state index in [-0.39, 0.29) is 11.4 Å². The number of hydrogen-bond acceptors (Lipinski definition) is 5. The topological polar surface area (TPSA) is 88.2 Å². The second-order valence-electron chi connectivity index (χ2n) is 11.3. The first-order valence-corrected chi connectivity index (χ1v) is 14.1. The van der Waals surface area contributed by atoms with Gasteiger partial charge in [0.2, 0.25) is 0 Å². The Labute approximate surface area is 247 Å². The summed E-state index contributed by atoms with van der Waals surface area (Å²) in [6.45, 7) is 7.96. The molecule has 0 saturated heterocycles. The molecule has 0 unspecified atom stereocenters. The molecule has 0 aliphatic heterocycles. The number of urea groups is 1. The predicted molar refractivity (Wildman–Crippen MR) is 171 cm³/mol. The van der Waals surface area contributed by atoms with Crippen LogP contribution in [-0.2, 0) is 18.4 Å². The summed E-state index contributed by atoms with van der Waals surface area (Å²) >= 11 is 0. The maximum atomic E-state index is 13.1. The van der Waals surface area contributed by atoms with Crippen LogP contribution >= 0.6 is 0 Å². The fourth-order valence-corrected chi connectivity index (χ4v) is 4.89. The highest BCUT2D eigenvalue weighted by atomic mass is 16.5. The quantitative estimate of drug-likeness (QED) is 0.162. The standard InChI is InChI=1S/C35H37N5O2/c1-35(2,3)26-12-16-33(42-4)32(20-26)40-34(41)39-31-15-14-28(29-9-5-6-10-30(29)31)25-11-13-27(38-22-25)23-37-19-17-24-8-7-18-36-21-24/h5-16,18,20-22,37H,17,19,23H2,1-4H3,(H2,39,40,41). The third-order valence-corrected chi connectivity index (χ3v) is 7.24. The molecule has 0 aliphatic rings. The number of amides is 2. The summed E-state index contributed by atoms with van der Waals surface area (Å²) in [5.74, 6) is 0.609. The van der Waals surface area contributed by atoms with Crippen molar-refractivity contribution in [2.24, 2.45) is 0 Å². The maximum absolute atomic E-state index is 13.1. The predicted octanol–water partition coefficient (Wildman–Crippen LogP) is 7.58. The molecule has 2 heterocycles. The number of aromatic nitrogens is 2. The van der Waals surface area contributed by atoms with Gasteiger partial charge in [0, 0.05) is 36.1 Å². The first-order valence-electron chi connectivity index (χ1n) is 14.1. The molecule has 42 heavy (non-hydrogen) atoms. The van der Waals surface area contributed by atoms with Gasteiger partial charge in [-0.2, -0.15) is 0 Å². The normalized spacial score (nSPS) is 11.3. The summed E-state index contributed by atoms with van der Waals surface area (Å²) in [7, 11) is 1.60. The van der Waals surface area contributed by atoms with Crippen LogP contribution in [0.25, 0.3) is 21.9 Å². The zero-order chi connectivity index (χ0) is 29.5. The van der Waals surface area contributed by atoms with E-state index in [2.05, 4.69) is 66.0 Å². The van der Waals surface area contributed by atoms with Crippen molar-refractivity contribution in [3.63, 3.8) is 0 Å². The van der Waals surface area contributed by atoms with Crippen molar-refractivity contribution < 1.29 is 9.53 Å². The van der Waals surface area contributed by atoms with Crippen molar-refractivity contribution in [2.45, 2.75) is 39.2 Å². The van der Waals surface area contributed by atoms with Crippen LogP contribution in [0.4, 0.5) is 16.2 Å². The van der Waals surface area contributed by atoms with E-state index < -0.39 is 0 Å². The van der Waals surface area contributed by atoms with Crippen LogP contribution in [0.15, 0.2) is 97.5 Å². The summed E-state index contributed by atoms with van der Waals surface area (Å²) < 4.78 is 5.50. The Bertz CT molecular complexity index is 1660. The van der Waals surface area contributed by atoms with Gasteiger partial charge < -0.3 is 20.7 Å². The van der Waals surface area contributed by atoms with E-state index >= 15 is 0 Å². The average molecular weight is 560 g/mol. The number of carbonyl (C=O) groups excluding carboxylic acids is 1. The molecule has 0 bridgehead atoms. The number of methoxy groups -OCH3 is 1. The highest BCUT2D eigenvalue weighted by Gasteiger charge is 2.18. The molecule has 0 spiro atoms. The molecule has 5 rings (SSSR count). The molecule has 7 nitrogen and oxygen atoms in total. The largest absolute Gasteiger partial charge is 0.495 e. The van der Waals surface area contributed by atoms with E-state index in [1.165, 1.54) is 5.56 Å². The van der Waals surface area contributed by atoms with Gasteiger partial charge in [-0.05, 0) is 70.8 Å². The number of anilines is 2. The van der Waals surface area contributed by atoms with Crippen molar-refractivity contribution in [1.29, 1.82) is 0 Å². The minimum atomic E-state index is -0.334. The van der Waals surface area contributed by atoms with E-state index in [1.54, 1.807) is 13.3 Å². The summed E-state index contributed by atoms with van der Waals surface area (Å²) in [5, 5.41) is 11.4. The number of rotatable bonds is 9. The fraction of sp³-hybridized carbons (Fsp3) is 0.229. The minimum Gasteiger partial charge on any atom is -0.495 e. The molecule has 0 radical (unpaired) electrons. The number of benzene rings is 3. The van der Waals surface area contributed by atoms with Gasteiger partial charge in [0.15, 0.2) is 0 Å². The molecule has 3 N–H and O–H groups in total.